The molecular weight excluding hydrogens is 371 g/mol. The summed E-state index contributed by atoms with van der Waals surface area (Å²) in [5.41, 5.74) is -0.513. The van der Waals surface area contributed by atoms with E-state index in [9.17, 15) is 9.90 Å². The van der Waals surface area contributed by atoms with Gasteiger partial charge < -0.3 is 14.6 Å². The maximum absolute atomic E-state index is 11.3. The maximum Gasteiger partial charge on any atom is 0.339 e. The second kappa shape index (κ2) is 5.18. The molecule has 1 saturated heterocycles. The van der Waals surface area contributed by atoms with Gasteiger partial charge >= 0.3 is 5.97 Å². The number of benzene rings is 1. The summed E-state index contributed by atoms with van der Waals surface area (Å²) >= 11 is 2.09. The Morgan fingerprint density at radius 2 is 2.05 bits per heavy atom. The van der Waals surface area contributed by atoms with E-state index in [0.29, 0.717) is 5.75 Å². The van der Waals surface area contributed by atoms with Crippen LogP contribution in [0.3, 0.4) is 0 Å². The predicted molar refractivity (Wildman–Crippen MR) is 84.4 cm³/mol. The Kier molecular flexibility index (Phi) is 4.03. The number of hydrogen-bond acceptors (Lipinski definition) is 3. The molecule has 1 heterocycles. The monoisotopic (exact) mass is 390 g/mol. The molecule has 20 heavy (non-hydrogen) atoms. The van der Waals surface area contributed by atoms with Gasteiger partial charge in [0, 0.05) is 9.99 Å². The number of ether oxygens (including phenoxy) is 2. The van der Waals surface area contributed by atoms with Crippen molar-refractivity contribution >= 4 is 28.6 Å². The number of carboxylic acid groups (broad SMARTS) is 1. The number of rotatable bonds is 3. The average molecular weight is 390 g/mol. The van der Waals surface area contributed by atoms with Crippen molar-refractivity contribution in [1.29, 1.82) is 0 Å². The molecular formula is C15H19IO4. The van der Waals surface area contributed by atoms with Gasteiger partial charge in [-0.25, -0.2) is 4.79 Å². The Labute approximate surface area is 132 Å². The normalized spacial score (nSPS) is 23.6. The van der Waals surface area contributed by atoms with Gasteiger partial charge in [-0.05, 0) is 68.5 Å². The van der Waals surface area contributed by atoms with Gasteiger partial charge in [-0.1, -0.05) is 0 Å². The van der Waals surface area contributed by atoms with Gasteiger partial charge in [-0.15, -0.1) is 0 Å². The summed E-state index contributed by atoms with van der Waals surface area (Å²) in [6.45, 7) is 7.98. The van der Waals surface area contributed by atoms with E-state index in [1.54, 1.807) is 12.1 Å². The van der Waals surface area contributed by atoms with Crippen molar-refractivity contribution < 1.29 is 19.4 Å². The van der Waals surface area contributed by atoms with Gasteiger partial charge in [0.25, 0.3) is 0 Å². The zero-order chi connectivity index (χ0) is 15.1. The van der Waals surface area contributed by atoms with E-state index in [1.165, 1.54) is 0 Å². The van der Waals surface area contributed by atoms with Gasteiger partial charge in [0.1, 0.15) is 23.0 Å². The Bertz CT molecular complexity index is 537. The van der Waals surface area contributed by atoms with E-state index >= 15 is 0 Å². The van der Waals surface area contributed by atoms with Crippen LogP contribution in [0.1, 0.15) is 44.5 Å². The molecule has 1 aromatic carbocycles. The minimum Gasteiger partial charge on any atom is -0.486 e. The fourth-order valence-electron chi connectivity index (χ4n) is 2.62. The Morgan fingerprint density at radius 1 is 1.40 bits per heavy atom. The van der Waals surface area contributed by atoms with Crippen LogP contribution in [0.5, 0.6) is 5.75 Å². The summed E-state index contributed by atoms with van der Waals surface area (Å²) in [6, 6.07) is 5.18. The quantitative estimate of drug-likeness (QED) is 0.800. The Hall–Kier alpha value is -0.820. The lowest BCUT2D eigenvalue weighted by molar-refractivity contribution is -0.0847. The van der Waals surface area contributed by atoms with E-state index in [-0.39, 0.29) is 17.3 Å². The van der Waals surface area contributed by atoms with Gasteiger partial charge in [0.05, 0.1) is 5.60 Å². The first-order valence-electron chi connectivity index (χ1n) is 6.50. The zero-order valence-corrected chi connectivity index (χ0v) is 14.2. The van der Waals surface area contributed by atoms with E-state index in [1.807, 2.05) is 33.8 Å². The molecule has 0 amide bonds. The summed E-state index contributed by atoms with van der Waals surface area (Å²) in [4.78, 5) is 11.3. The van der Waals surface area contributed by atoms with E-state index < -0.39 is 11.6 Å². The molecule has 0 radical (unpaired) electrons. The third-order valence-corrected chi connectivity index (χ3v) is 4.10. The Balaban J connectivity index is 2.29. The molecule has 1 aliphatic rings. The molecule has 1 atom stereocenters. The highest BCUT2D eigenvalue weighted by Crippen LogP contribution is 2.40. The molecule has 1 unspecified atom stereocenters. The molecule has 0 spiro atoms. The first kappa shape index (κ1) is 15.6. The third-order valence-electron chi connectivity index (χ3n) is 3.43. The fraction of sp³-hybridized carbons (Fsp3) is 0.533. The number of carbonyl (C=O) groups is 1. The van der Waals surface area contributed by atoms with Crippen molar-refractivity contribution in [3.05, 3.63) is 27.3 Å². The summed E-state index contributed by atoms with van der Waals surface area (Å²) in [7, 11) is 0. The molecule has 2 rings (SSSR count). The van der Waals surface area contributed by atoms with Crippen molar-refractivity contribution in [2.75, 3.05) is 0 Å². The Morgan fingerprint density at radius 3 is 2.55 bits per heavy atom. The molecule has 1 N–H and O–H groups in total. The van der Waals surface area contributed by atoms with Crippen LogP contribution in [0.25, 0.3) is 0 Å². The molecule has 0 saturated carbocycles. The molecule has 0 bridgehead atoms. The van der Waals surface area contributed by atoms with Crippen LogP contribution >= 0.6 is 22.6 Å². The van der Waals surface area contributed by atoms with E-state index in [0.717, 1.165) is 9.99 Å². The standard InChI is InChI=1S/C15H19IO4/c1-14(2)8-12(15(3,4)20-14)19-11-6-5-9(16)7-10(11)13(17)18/h5-7,12H,8H2,1-4H3,(H,17,18). The summed E-state index contributed by atoms with van der Waals surface area (Å²) in [6.07, 6.45) is 0.557. The van der Waals surface area contributed by atoms with Crippen LogP contribution in [-0.2, 0) is 4.74 Å². The van der Waals surface area contributed by atoms with Crippen LogP contribution in [0.4, 0.5) is 0 Å². The maximum atomic E-state index is 11.3. The van der Waals surface area contributed by atoms with Gasteiger partial charge in [-0.3, -0.25) is 0 Å². The third kappa shape index (κ3) is 3.25. The van der Waals surface area contributed by atoms with E-state index in [4.69, 9.17) is 9.47 Å². The number of halogens is 1. The van der Waals surface area contributed by atoms with Crippen molar-refractivity contribution in [2.24, 2.45) is 0 Å². The largest absolute Gasteiger partial charge is 0.486 e. The predicted octanol–water partition coefficient (Wildman–Crippen LogP) is 3.71. The minimum absolute atomic E-state index is 0.171. The van der Waals surface area contributed by atoms with Crippen molar-refractivity contribution in [3.63, 3.8) is 0 Å². The van der Waals surface area contributed by atoms with Crippen LogP contribution in [-0.4, -0.2) is 28.4 Å². The SMILES string of the molecule is CC1(C)CC(Oc2ccc(I)cc2C(=O)O)C(C)(C)O1. The lowest BCUT2D eigenvalue weighted by atomic mass is 9.97. The summed E-state index contributed by atoms with van der Waals surface area (Å²) < 4.78 is 12.8. The van der Waals surface area contributed by atoms with Crippen molar-refractivity contribution in [3.8, 4) is 5.75 Å². The van der Waals surface area contributed by atoms with Gasteiger partial charge in [0.15, 0.2) is 0 Å². The molecule has 1 aromatic rings. The van der Waals surface area contributed by atoms with Crippen LogP contribution < -0.4 is 4.74 Å². The highest BCUT2D eigenvalue weighted by atomic mass is 127. The smallest absolute Gasteiger partial charge is 0.339 e. The van der Waals surface area contributed by atoms with Crippen LogP contribution in [0, 0.1) is 3.57 Å². The zero-order valence-electron chi connectivity index (χ0n) is 12.1. The fourth-order valence-corrected chi connectivity index (χ4v) is 3.11. The van der Waals surface area contributed by atoms with Gasteiger partial charge in [-0.2, -0.15) is 0 Å². The topological polar surface area (TPSA) is 55.8 Å². The first-order chi connectivity index (χ1) is 9.11. The molecule has 110 valence electrons. The second-order valence-corrected chi connectivity index (χ2v) is 7.47. The highest BCUT2D eigenvalue weighted by Gasteiger charge is 2.47. The second-order valence-electron chi connectivity index (χ2n) is 6.22. The lowest BCUT2D eigenvalue weighted by Crippen LogP contribution is -2.37. The van der Waals surface area contributed by atoms with Crippen molar-refractivity contribution in [1.82, 2.24) is 0 Å². The molecule has 1 fully saturated rings. The van der Waals surface area contributed by atoms with Gasteiger partial charge in [0.2, 0.25) is 0 Å². The molecule has 4 nitrogen and oxygen atoms in total. The van der Waals surface area contributed by atoms with Crippen LogP contribution in [0.2, 0.25) is 0 Å². The summed E-state index contributed by atoms with van der Waals surface area (Å²) in [5, 5.41) is 9.28. The van der Waals surface area contributed by atoms with Crippen molar-refractivity contribution in [2.45, 2.75) is 51.4 Å². The molecule has 5 heteroatoms. The lowest BCUT2D eigenvalue weighted by Gasteiger charge is -2.27. The van der Waals surface area contributed by atoms with E-state index in [2.05, 4.69) is 22.6 Å². The number of hydrogen-bond donors (Lipinski definition) is 1. The first-order valence-corrected chi connectivity index (χ1v) is 7.58. The molecule has 0 aromatic heterocycles. The number of carboxylic acids is 1. The summed E-state index contributed by atoms with van der Waals surface area (Å²) in [5.74, 6) is -0.577. The molecule has 1 aliphatic heterocycles. The average Bonchev–Trinajstić information content (AvgIpc) is 2.48. The molecule has 0 aliphatic carbocycles. The number of aromatic carboxylic acids is 1. The van der Waals surface area contributed by atoms with Crippen LogP contribution in [0.15, 0.2) is 18.2 Å². The highest BCUT2D eigenvalue weighted by molar-refractivity contribution is 14.1. The minimum atomic E-state index is -0.977.